The van der Waals surface area contributed by atoms with Crippen LogP contribution in [0, 0.1) is 5.82 Å². The van der Waals surface area contributed by atoms with Gasteiger partial charge in [-0.1, -0.05) is 0 Å². The van der Waals surface area contributed by atoms with Crippen LogP contribution in [0.2, 0.25) is 0 Å². The number of aromatic nitrogens is 2. The molecule has 0 radical (unpaired) electrons. The Morgan fingerprint density at radius 3 is 2.21 bits per heavy atom. The molecular formula is C28H33FN6O4. The molecule has 206 valence electrons. The summed E-state index contributed by atoms with van der Waals surface area (Å²) in [5.74, 6) is 0.145. The lowest BCUT2D eigenvalue weighted by molar-refractivity contribution is 0.00952. The molecule has 2 amide bonds. The van der Waals surface area contributed by atoms with Gasteiger partial charge in [-0.25, -0.2) is 13.9 Å². The first-order chi connectivity index (χ1) is 18.6. The fraction of sp³-hybridized carbons (Fsp3) is 0.393. The maximum Gasteiger partial charge on any atom is 0.410 e. The van der Waals surface area contributed by atoms with Crippen molar-refractivity contribution in [3.63, 3.8) is 0 Å². The van der Waals surface area contributed by atoms with Crippen molar-refractivity contribution >= 4 is 17.7 Å². The van der Waals surface area contributed by atoms with Crippen molar-refractivity contribution in [1.82, 2.24) is 19.6 Å². The predicted molar refractivity (Wildman–Crippen MR) is 144 cm³/mol. The highest BCUT2D eigenvalue weighted by Crippen LogP contribution is 2.37. The van der Waals surface area contributed by atoms with Crippen LogP contribution in [0.4, 0.5) is 14.9 Å². The molecule has 5 rings (SSSR count). The molecule has 3 N–H and O–H groups in total. The Hall–Kier alpha value is -4.12. The molecule has 0 bridgehead atoms. The normalized spacial score (nSPS) is 17.7. The molecule has 0 spiro atoms. The Morgan fingerprint density at radius 1 is 1.00 bits per heavy atom. The quantitative estimate of drug-likeness (QED) is 0.499. The lowest BCUT2D eigenvalue weighted by Crippen LogP contribution is -2.51. The smallest absolute Gasteiger partial charge is 0.410 e. The number of hydrogen-bond acceptors (Lipinski definition) is 7. The van der Waals surface area contributed by atoms with Gasteiger partial charge < -0.3 is 25.4 Å². The molecule has 2 aliphatic rings. The highest BCUT2D eigenvalue weighted by molar-refractivity contribution is 5.98. The number of halogens is 1. The van der Waals surface area contributed by atoms with E-state index in [0.717, 1.165) is 12.1 Å². The number of carbonyl (C=O) groups is 2. The molecule has 1 aromatic heterocycles. The molecule has 39 heavy (non-hydrogen) atoms. The van der Waals surface area contributed by atoms with Gasteiger partial charge in [0, 0.05) is 32.7 Å². The second kappa shape index (κ2) is 10.6. The zero-order chi connectivity index (χ0) is 27.7. The molecule has 1 unspecified atom stereocenters. The van der Waals surface area contributed by atoms with Crippen molar-refractivity contribution in [2.24, 2.45) is 5.73 Å². The van der Waals surface area contributed by atoms with Crippen LogP contribution in [0.1, 0.15) is 49.4 Å². The fourth-order valence-electron chi connectivity index (χ4n) is 4.92. The number of carbonyl (C=O) groups excluding carboxylic acids is 2. The molecule has 11 heteroatoms. The summed E-state index contributed by atoms with van der Waals surface area (Å²) in [4.78, 5) is 29.1. The molecule has 0 saturated carbocycles. The summed E-state index contributed by atoms with van der Waals surface area (Å²) in [6.07, 6.45) is 0.499. The van der Waals surface area contributed by atoms with Gasteiger partial charge >= 0.3 is 6.09 Å². The van der Waals surface area contributed by atoms with E-state index in [-0.39, 0.29) is 23.6 Å². The maximum absolute atomic E-state index is 13.2. The summed E-state index contributed by atoms with van der Waals surface area (Å²) in [6, 6.07) is 12.8. The van der Waals surface area contributed by atoms with Crippen molar-refractivity contribution in [3.8, 4) is 17.2 Å². The van der Waals surface area contributed by atoms with Crippen LogP contribution < -0.4 is 15.8 Å². The van der Waals surface area contributed by atoms with Crippen molar-refractivity contribution in [2.45, 2.75) is 38.8 Å². The third-order valence-electron chi connectivity index (χ3n) is 6.72. The van der Waals surface area contributed by atoms with Gasteiger partial charge in [0.05, 0.1) is 17.4 Å². The van der Waals surface area contributed by atoms with Crippen LogP contribution in [0.15, 0.2) is 48.5 Å². The Labute approximate surface area is 226 Å². The van der Waals surface area contributed by atoms with E-state index in [2.05, 4.69) is 10.2 Å². The number of fused-ring (bicyclic) bond motifs is 1. The summed E-state index contributed by atoms with van der Waals surface area (Å²) in [7, 11) is 0. The summed E-state index contributed by atoms with van der Waals surface area (Å²) < 4.78 is 26.1. The molecule has 0 aliphatic carbocycles. The molecule has 1 fully saturated rings. The lowest BCUT2D eigenvalue weighted by Gasteiger charge is -2.40. The van der Waals surface area contributed by atoms with Gasteiger partial charge in [0.15, 0.2) is 5.69 Å². The summed E-state index contributed by atoms with van der Waals surface area (Å²) >= 11 is 0. The molecular weight excluding hydrogens is 503 g/mol. The number of nitrogens with two attached hydrogens (primary N) is 1. The monoisotopic (exact) mass is 536 g/mol. The van der Waals surface area contributed by atoms with Crippen LogP contribution in [-0.4, -0.2) is 69.9 Å². The van der Waals surface area contributed by atoms with E-state index >= 15 is 0 Å². The highest BCUT2D eigenvalue weighted by Gasteiger charge is 2.36. The van der Waals surface area contributed by atoms with Crippen LogP contribution in [0.25, 0.3) is 5.69 Å². The minimum absolute atomic E-state index is 0.0255. The van der Waals surface area contributed by atoms with Crippen LogP contribution >= 0.6 is 0 Å². The van der Waals surface area contributed by atoms with Crippen molar-refractivity contribution in [1.29, 1.82) is 0 Å². The zero-order valence-corrected chi connectivity index (χ0v) is 22.3. The Balaban J connectivity index is 1.35. The van der Waals surface area contributed by atoms with E-state index < -0.39 is 11.5 Å². The first kappa shape index (κ1) is 26.5. The number of rotatable bonds is 5. The molecule has 2 aromatic carbocycles. The van der Waals surface area contributed by atoms with Gasteiger partial charge in [0.2, 0.25) is 0 Å². The number of ether oxygens (including phenoxy) is 2. The summed E-state index contributed by atoms with van der Waals surface area (Å²) in [6.45, 7) is 8.67. The van der Waals surface area contributed by atoms with E-state index in [4.69, 9.17) is 20.3 Å². The Bertz CT molecular complexity index is 1340. The summed E-state index contributed by atoms with van der Waals surface area (Å²) in [5.41, 5.74) is 7.62. The van der Waals surface area contributed by atoms with Crippen molar-refractivity contribution < 1.29 is 23.5 Å². The van der Waals surface area contributed by atoms with E-state index in [1.165, 1.54) is 12.1 Å². The Kier molecular flexibility index (Phi) is 7.17. The molecule has 3 aromatic rings. The maximum atomic E-state index is 13.2. The predicted octanol–water partition coefficient (Wildman–Crippen LogP) is 4.31. The third kappa shape index (κ3) is 5.83. The van der Waals surface area contributed by atoms with Gasteiger partial charge in [-0.2, -0.15) is 5.10 Å². The zero-order valence-electron chi connectivity index (χ0n) is 22.3. The lowest BCUT2D eigenvalue weighted by atomic mass is 10.0. The number of benzene rings is 2. The van der Waals surface area contributed by atoms with Crippen LogP contribution in [-0.2, 0) is 4.74 Å². The van der Waals surface area contributed by atoms with Gasteiger partial charge in [-0.3, -0.25) is 9.69 Å². The number of primary amides is 1. The average Bonchev–Trinajstić information content (AvgIpc) is 3.30. The van der Waals surface area contributed by atoms with Crippen molar-refractivity contribution in [2.75, 3.05) is 38.0 Å². The fourth-order valence-corrected chi connectivity index (χ4v) is 4.92. The number of anilines is 1. The van der Waals surface area contributed by atoms with Crippen LogP contribution in [0.5, 0.6) is 11.5 Å². The second-order valence-corrected chi connectivity index (χ2v) is 10.7. The van der Waals surface area contributed by atoms with E-state index in [0.29, 0.717) is 55.6 Å². The number of amides is 2. The summed E-state index contributed by atoms with van der Waals surface area (Å²) in [5, 5.41) is 8.17. The Morgan fingerprint density at radius 2 is 1.62 bits per heavy atom. The van der Waals surface area contributed by atoms with Gasteiger partial charge in [-0.05, 0) is 75.7 Å². The number of nitrogens with one attached hydrogen (secondary N) is 1. The van der Waals surface area contributed by atoms with E-state index in [9.17, 15) is 14.0 Å². The topological polar surface area (TPSA) is 115 Å². The highest BCUT2D eigenvalue weighted by atomic mass is 19.1. The second-order valence-electron chi connectivity index (χ2n) is 10.7. The first-order valence-corrected chi connectivity index (χ1v) is 13.0. The third-order valence-corrected chi connectivity index (χ3v) is 6.72. The minimum atomic E-state index is -0.585. The van der Waals surface area contributed by atoms with Crippen LogP contribution in [0.3, 0.4) is 0 Å². The largest absolute Gasteiger partial charge is 0.457 e. The standard InChI is InChI=1S/C28H33FN6O4/c1-28(2,3)39-27(37)34-16-14-33(15-17-34)22-12-13-31-24-23(22)32-35(25(24)26(30)36)19-6-10-21(11-7-19)38-20-8-4-18(29)5-9-20/h4-11,22,31H,12-17H2,1-3H3,(H2,30,36). The van der Waals surface area contributed by atoms with Crippen molar-refractivity contribution in [3.05, 3.63) is 65.7 Å². The van der Waals surface area contributed by atoms with E-state index in [1.807, 2.05) is 20.8 Å². The minimum Gasteiger partial charge on any atom is -0.457 e. The molecule has 2 aliphatic heterocycles. The number of hydrogen-bond donors (Lipinski definition) is 2. The molecule has 1 saturated heterocycles. The SMILES string of the molecule is CC(C)(C)OC(=O)N1CCN(C2CCNc3c2nn(-c2ccc(Oc4ccc(F)cc4)cc2)c3C(N)=O)CC1. The number of piperazine rings is 1. The molecule has 3 heterocycles. The van der Waals surface area contributed by atoms with Gasteiger partial charge in [0.1, 0.15) is 28.6 Å². The molecule has 1 atom stereocenters. The first-order valence-electron chi connectivity index (χ1n) is 13.0. The van der Waals surface area contributed by atoms with Gasteiger partial charge in [0.25, 0.3) is 5.91 Å². The van der Waals surface area contributed by atoms with Gasteiger partial charge in [-0.15, -0.1) is 0 Å². The number of nitrogens with zero attached hydrogens (tertiary/aromatic N) is 4. The van der Waals surface area contributed by atoms with E-state index in [1.54, 1.807) is 46.0 Å². The average molecular weight is 537 g/mol. The molecule has 10 nitrogen and oxygen atoms in total.